The minimum Gasteiger partial charge on any atom is -0.493 e. The number of rotatable bonds is 5. The van der Waals surface area contributed by atoms with Crippen LogP contribution in [0.15, 0.2) is 40.8 Å². The number of aromatic nitrogens is 2. The first kappa shape index (κ1) is 17.8. The van der Waals surface area contributed by atoms with Gasteiger partial charge in [-0.15, -0.1) is 22.7 Å². The van der Waals surface area contributed by atoms with Crippen LogP contribution in [0, 0.1) is 3.95 Å². The number of allylic oxidation sites excluding steroid dienone is 1. The third kappa shape index (κ3) is 3.75. The zero-order valence-electron chi connectivity index (χ0n) is 14.0. The quantitative estimate of drug-likeness (QED) is 0.592. The predicted molar refractivity (Wildman–Crippen MR) is 113 cm³/mol. The monoisotopic (exact) mass is 414 g/mol. The maximum absolute atomic E-state index is 12.0. The van der Waals surface area contributed by atoms with Crippen molar-refractivity contribution in [3.05, 3.63) is 50.2 Å². The number of amides is 1. The maximum Gasteiger partial charge on any atom is 0.227 e. The van der Waals surface area contributed by atoms with E-state index in [1.807, 2.05) is 30.3 Å². The zero-order valence-corrected chi connectivity index (χ0v) is 16.4. The molecular formula is C18H14N4O2S3. The Morgan fingerprint density at radius 1 is 1.37 bits per heavy atom. The van der Waals surface area contributed by atoms with Crippen LogP contribution in [0.25, 0.3) is 11.6 Å². The lowest BCUT2D eigenvalue weighted by atomic mass is 10.1. The summed E-state index contributed by atoms with van der Waals surface area (Å²) in [4.78, 5) is 21.1. The summed E-state index contributed by atoms with van der Waals surface area (Å²) < 4.78 is 2.09. The van der Waals surface area contributed by atoms with E-state index in [1.54, 1.807) is 22.4 Å². The van der Waals surface area contributed by atoms with Crippen LogP contribution >= 0.6 is 34.9 Å². The van der Waals surface area contributed by atoms with Crippen LogP contribution in [0.4, 0.5) is 10.8 Å². The smallest absolute Gasteiger partial charge is 0.227 e. The largest absolute Gasteiger partial charge is 0.493 e. The van der Waals surface area contributed by atoms with Crippen molar-refractivity contribution in [2.45, 2.75) is 13.0 Å². The van der Waals surface area contributed by atoms with Crippen molar-refractivity contribution in [1.29, 1.82) is 0 Å². The molecule has 3 heterocycles. The number of hydrogen-bond donors (Lipinski definition) is 2. The fourth-order valence-electron chi connectivity index (χ4n) is 2.68. The highest BCUT2D eigenvalue weighted by molar-refractivity contribution is 7.73. The Kier molecular flexibility index (Phi) is 4.97. The molecule has 4 rings (SSSR count). The van der Waals surface area contributed by atoms with Gasteiger partial charge in [0.15, 0.2) is 9.09 Å². The van der Waals surface area contributed by atoms with Crippen molar-refractivity contribution in [1.82, 2.24) is 9.55 Å². The number of para-hydroxylation sites is 1. The third-order valence-corrected chi connectivity index (χ3v) is 6.05. The topological polar surface area (TPSA) is 79.5 Å². The molecular weight excluding hydrogens is 400 g/mol. The van der Waals surface area contributed by atoms with Crippen LogP contribution in [0.5, 0.6) is 5.88 Å². The zero-order chi connectivity index (χ0) is 18.8. The number of carbonyl (C=O) groups is 1. The molecule has 1 aliphatic heterocycles. The van der Waals surface area contributed by atoms with Crippen LogP contribution in [0.3, 0.4) is 0 Å². The van der Waals surface area contributed by atoms with E-state index < -0.39 is 0 Å². The second kappa shape index (κ2) is 7.55. The standard InChI is InChI=1S/C18H14N4O2S3/c23-15(21-17-19-6-8-26-17)5-7-22-16(24)14(27-18(22)25)9-11-10-20-13-4-2-1-3-12(11)13/h1-4,6,8-10,24H,5,7H2,(H,19,21,23)/b11-9+. The van der Waals surface area contributed by atoms with Gasteiger partial charge < -0.3 is 10.4 Å². The average Bonchev–Trinajstić information content (AvgIpc) is 3.36. The maximum atomic E-state index is 12.0. The first-order chi connectivity index (χ1) is 13.1. The van der Waals surface area contributed by atoms with Gasteiger partial charge in [0.1, 0.15) is 0 Å². The summed E-state index contributed by atoms with van der Waals surface area (Å²) in [7, 11) is 0. The summed E-state index contributed by atoms with van der Waals surface area (Å²) in [6.07, 6.45) is 5.47. The number of hydrogen-bond acceptors (Lipinski definition) is 7. The number of benzene rings is 1. The Bertz CT molecular complexity index is 1110. The molecule has 0 fully saturated rings. The fraction of sp³-hybridized carbons (Fsp3) is 0.111. The number of anilines is 1. The van der Waals surface area contributed by atoms with E-state index in [1.165, 1.54) is 22.7 Å². The number of nitrogens with one attached hydrogen (secondary N) is 1. The normalized spacial score (nSPS) is 13.9. The van der Waals surface area contributed by atoms with Crippen LogP contribution < -0.4 is 5.32 Å². The Balaban J connectivity index is 1.51. The molecule has 0 aliphatic carbocycles. The molecule has 0 saturated heterocycles. The van der Waals surface area contributed by atoms with Gasteiger partial charge in [-0.1, -0.05) is 18.2 Å². The van der Waals surface area contributed by atoms with Gasteiger partial charge in [-0.05, 0) is 24.4 Å². The lowest BCUT2D eigenvalue weighted by Crippen LogP contribution is -2.14. The second-order valence-electron chi connectivity index (χ2n) is 5.72. The van der Waals surface area contributed by atoms with E-state index in [4.69, 9.17) is 12.2 Å². The van der Waals surface area contributed by atoms with Crippen molar-refractivity contribution >= 4 is 69.5 Å². The first-order valence-electron chi connectivity index (χ1n) is 8.09. The van der Waals surface area contributed by atoms with Gasteiger partial charge in [0.25, 0.3) is 0 Å². The van der Waals surface area contributed by atoms with Crippen LogP contribution in [-0.2, 0) is 11.3 Å². The van der Waals surface area contributed by atoms with E-state index in [0.717, 1.165) is 16.8 Å². The molecule has 0 saturated carbocycles. The minimum atomic E-state index is -0.172. The second-order valence-corrected chi connectivity index (χ2v) is 8.29. The third-order valence-electron chi connectivity index (χ3n) is 3.98. The van der Waals surface area contributed by atoms with Crippen molar-refractivity contribution in [2.24, 2.45) is 4.99 Å². The van der Waals surface area contributed by atoms with E-state index in [0.29, 0.717) is 20.5 Å². The average molecular weight is 415 g/mol. The molecule has 1 amide bonds. The number of aliphatic imine (C=N–C) groups is 1. The van der Waals surface area contributed by atoms with Crippen molar-refractivity contribution in [3.63, 3.8) is 0 Å². The molecule has 9 heteroatoms. The number of aromatic hydroxyl groups is 1. The van der Waals surface area contributed by atoms with Gasteiger partial charge in [0.05, 0.1) is 10.6 Å². The summed E-state index contributed by atoms with van der Waals surface area (Å²) in [5.41, 5.74) is 2.85. The Hall–Kier alpha value is -2.62. The molecule has 1 aromatic carbocycles. The Morgan fingerprint density at radius 2 is 2.22 bits per heavy atom. The molecule has 0 atom stereocenters. The van der Waals surface area contributed by atoms with E-state index in [2.05, 4.69) is 15.3 Å². The fourth-order valence-corrected chi connectivity index (χ4v) is 4.54. The molecule has 0 unspecified atom stereocenters. The molecule has 136 valence electrons. The van der Waals surface area contributed by atoms with Crippen LogP contribution in [0.1, 0.15) is 16.9 Å². The van der Waals surface area contributed by atoms with Gasteiger partial charge in [-0.3, -0.25) is 14.4 Å². The summed E-state index contributed by atoms with van der Waals surface area (Å²) >= 11 is 8.03. The van der Waals surface area contributed by atoms with Gasteiger partial charge in [-0.25, -0.2) is 4.98 Å². The molecule has 27 heavy (non-hydrogen) atoms. The summed E-state index contributed by atoms with van der Waals surface area (Å²) in [5.74, 6) is -0.105. The number of carbonyl (C=O) groups excluding carboxylic acids is 1. The van der Waals surface area contributed by atoms with Crippen molar-refractivity contribution in [3.8, 4) is 5.88 Å². The molecule has 0 spiro atoms. The highest BCUT2D eigenvalue weighted by atomic mass is 32.1. The van der Waals surface area contributed by atoms with Gasteiger partial charge >= 0.3 is 0 Å². The predicted octanol–water partition coefficient (Wildman–Crippen LogP) is 4.73. The Morgan fingerprint density at radius 3 is 3.04 bits per heavy atom. The van der Waals surface area contributed by atoms with Gasteiger partial charge in [-0.2, -0.15) is 0 Å². The molecule has 1 aliphatic rings. The first-order valence-corrected chi connectivity index (χ1v) is 10.2. The molecule has 3 aromatic rings. The van der Waals surface area contributed by atoms with Gasteiger partial charge in [0.2, 0.25) is 11.8 Å². The molecule has 6 nitrogen and oxygen atoms in total. The highest BCUT2D eigenvalue weighted by Gasteiger charge is 2.16. The highest BCUT2D eigenvalue weighted by Crippen LogP contribution is 2.35. The summed E-state index contributed by atoms with van der Waals surface area (Å²) in [5, 5.41) is 15.6. The number of thiazole rings is 2. The Labute approximate surface area is 168 Å². The lowest BCUT2D eigenvalue weighted by Gasteiger charge is -2.05. The van der Waals surface area contributed by atoms with Gasteiger partial charge in [0, 0.05) is 41.9 Å². The summed E-state index contributed by atoms with van der Waals surface area (Å²) in [6.45, 7) is 0.298. The van der Waals surface area contributed by atoms with E-state index in [-0.39, 0.29) is 18.2 Å². The molecule has 0 bridgehead atoms. The molecule has 2 N–H and O–H groups in total. The van der Waals surface area contributed by atoms with E-state index in [9.17, 15) is 9.90 Å². The van der Waals surface area contributed by atoms with Crippen molar-refractivity contribution in [2.75, 3.05) is 5.32 Å². The molecule has 2 aromatic heterocycles. The van der Waals surface area contributed by atoms with Crippen LogP contribution in [-0.4, -0.2) is 26.8 Å². The molecule has 0 radical (unpaired) electrons. The van der Waals surface area contributed by atoms with Crippen molar-refractivity contribution < 1.29 is 9.90 Å². The van der Waals surface area contributed by atoms with Crippen LogP contribution in [0.2, 0.25) is 0 Å². The minimum absolute atomic E-state index is 0.0670. The lowest BCUT2D eigenvalue weighted by molar-refractivity contribution is -0.116. The summed E-state index contributed by atoms with van der Waals surface area (Å²) in [6, 6.07) is 7.83. The number of nitrogens with zero attached hydrogens (tertiary/aromatic N) is 3. The van der Waals surface area contributed by atoms with E-state index >= 15 is 0 Å². The SMILES string of the molecule is O=C(CCn1c(O)c(/C=C2\C=Nc3ccccc32)sc1=S)Nc1nccs1. The number of fused-ring (bicyclic) bond motifs is 1.